The minimum Gasteiger partial charge on any atom is -0.466 e. The standard InChI is InChI=1S/C14H21NO2S/c1-3-17-14(16)8-11(2)15(13-4-5-13)9-12-6-7-18-10-12/h6-7,10-11,13H,3-5,8-9H2,1-2H3. The fraction of sp³-hybridized carbons (Fsp3) is 0.643. The molecule has 0 radical (unpaired) electrons. The maximum Gasteiger partial charge on any atom is 0.307 e. The summed E-state index contributed by atoms with van der Waals surface area (Å²) in [6, 6.07) is 3.09. The van der Waals surface area contributed by atoms with Crippen LogP contribution in [-0.4, -0.2) is 29.6 Å². The third kappa shape index (κ3) is 3.82. The highest BCUT2D eigenvalue weighted by Gasteiger charge is 2.33. The average molecular weight is 267 g/mol. The van der Waals surface area contributed by atoms with E-state index in [1.54, 1.807) is 11.3 Å². The largest absolute Gasteiger partial charge is 0.466 e. The van der Waals surface area contributed by atoms with Gasteiger partial charge in [0.05, 0.1) is 13.0 Å². The van der Waals surface area contributed by atoms with E-state index in [-0.39, 0.29) is 12.0 Å². The van der Waals surface area contributed by atoms with E-state index in [4.69, 9.17) is 4.74 Å². The lowest BCUT2D eigenvalue weighted by molar-refractivity contribution is -0.144. The monoisotopic (exact) mass is 267 g/mol. The van der Waals surface area contributed by atoms with Crippen LogP contribution in [0.5, 0.6) is 0 Å². The summed E-state index contributed by atoms with van der Waals surface area (Å²) in [5.74, 6) is -0.0824. The molecule has 0 amide bonds. The molecule has 1 atom stereocenters. The maximum absolute atomic E-state index is 11.6. The zero-order valence-electron chi connectivity index (χ0n) is 11.1. The molecule has 1 fully saturated rings. The Morgan fingerprint density at radius 1 is 1.61 bits per heavy atom. The van der Waals surface area contributed by atoms with Crippen LogP contribution in [0.25, 0.3) is 0 Å². The molecule has 18 heavy (non-hydrogen) atoms. The van der Waals surface area contributed by atoms with Gasteiger partial charge in [-0.15, -0.1) is 0 Å². The minimum absolute atomic E-state index is 0.0824. The van der Waals surface area contributed by atoms with E-state index in [1.165, 1.54) is 18.4 Å². The normalized spacial score (nSPS) is 16.8. The fourth-order valence-electron chi connectivity index (χ4n) is 2.22. The third-order valence-corrected chi connectivity index (χ3v) is 4.03. The van der Waals surface area contributed by atoms with E-state index in [0.717, 1.165) is 6.54 Å². The summed E-state index contributed by atoms with van der Waals surface area (Å²) in [6.45, 7) is 5.41. The zero-order valence-corrected chi connectivity index (χ0v) is 11.9. The molecule has 1 aliphatic carbocycles. The van der Waals surface area contributed by atoms with Crippen LogP contribution < -0.4 is 0 Å². The Labute approximate surface area is 113 Å². The number of carbonyl (C=O) groups excluding carboxylic acids is 1. The Bertz CT molecular complexity index is 373. The highest BCUT2D eigenvalue weighted by atomic mass is 32.1. The van der Waals surface area contributed by atoms with Crippen molar-refractivity contribution in [2.24, 2.45) is 0 Å². The highest BCUT2D eigenvalue weighted by Crippen LogP contribution is 2.31. The van der Waals surface area contributed by atoms with Gasteiger partial charge in [0.2, 0.25) is 0 Å². The second kappa shape index (κ2) is 6.34. The zero-order chi connectivity index (χ0) is 13.0. The lowest BCUT2D eigenvalue weighted by atomic mass is 10.1. The molecule has 100 valence electrons. The fourth-order valence-corrected chi connectivity index (χ4v) is 2.88. The number of carbonyl (C=O) groups is 1. The Morgan fingerprint density at radius 3 is 2.94 bits per heavy atom. The Hall–Kier alpha value is -0.870. The first-order valence-electron chi connectivity index (χ1n) is 6.63. The molecule has 0 saturated heterocycles. The molecule has 1 heterocycles. The van der Waals surface area contributed by atoms with Gasteiger partial charge in [-0.2, -0.15) is 11.3 Å². The summed E-state index contributed by atoms with van der Waals surface area (Å²) >= 11 is 1.73. The molecule has 0 spiro atoms. The van der Waals surface area contributed by atoms with Crippen LogP contribution in [0, 0.1) is 0 Å². The summed E-state index contributed by atoms with van der Waals surface area (Å²) in [4.78, 5) is 14.0. The van der Waals surface area contributed by atoms with Crippen molar-refractivity contribution >= 4 is 17.3 Å². The summed E-state index contributed by atoms with van der Waals surface area (Å²) in [6.07, 6.45) is 3.02. The molecule has 1 unspecified atom stereocenters. The van der Waals surface area contributed by atoms with E-state index >= 15 is 0 Å². The van der Waals surface area contributed by atoms with E-state index in [0.29, 0.717) is 19.1 Å². The Morgan fingerprint density at radius 2 is 2.39 bits per heavy atom. The van der Waals surface area contributed by atoms with Crippen molar-refractivity contribution in [3.05, 3.63) is 22.4 Å². The Kier molecular flexibility index (Phi) is 4.78. The first kappa shape index (κ1) is 13.6. The third-order valence-electron chi connectivity index (χ3n) is 3.29. The second-order valence-corrected chi connectivity index (χ2v) is 5.67. The van der Waals surface area contributed by atoms with Crippen molar-refractivity contribution in [1.29, 1.82) is 0 Å². The van der Waals surface area contributed by atoms with Crippen molar-refractivity contribution in [3.63, 3.8) is 0 Å². The van der Waals surface area contributed by atoms with Crippen LogP contribution in [0.1, 0.15) is 38.7 Å². The lowest BCUT2D eigenvalue weighted by Crippen LogP contribution is -2.36. The summed E-state index contributed by atoms with van der Waals surface area (Å²) < 4.78 is 5.03. The molecule has 1 aromatic rings. The first-order chi connectivity index (χ1) is 8.70. The smallest absolute Gasteiger partial charge is 0.307 e. The van der Waals surface area contributed by atoms with Gasteiger partial charge in [0.1, 0.15) is 0 Å². The number of rotatable bonds is 7. The molecule has 0 bridgehead atoms. The van der Waals surface area contributed by atoms with Crippen molar-refractivity contribution in [2.45, 2.75) is 51.7 Å². The number of hydrogen-bond acceptors (Lipinski definition) is 4. The van der Waals surface area contributed by atoms with Gasteiger partial charge in [-0.05, 0) is 49.1 Å². The van der Waals surface area contributed by atoms with Crippen molar-refractivity contribution in [2.75, 3.05) is 6.61 Å². The van der Waals surface area contributed by atoms with Gasteiger partial charge >= 0.3 is 5.97 Å². The lowest BCUT2D eigenvalue weighted by Gasteiger charge is -2.28. The number of thiophene rings is 1. The quantitative estimate of drug-likeness (QED) is 0.711. The van der Waals surface area contributed by atoms with Gasteiger partial charge in [-0.25, -0.2) is 0 Å². The van der Waals surface area contributed by atoms with E-state index in [2.05, 4.69) is 28.7 Å². The minimum atomic E-state index is -0.0824. The molecule has 3 nitrogen and oxygen atoms in total. The number of nitrogens with zero attached hydrogens (tertiary/aromatic N) is 1. The summed E-state index contributed by atoms with van der Waals surface area (Å²) in [5.41, 5.74) is 1.35. The molecule has 2 rings (SSSR count). The molecule has 4 heteroatoms. The maximum atomic E-state index is 11.6. The van der Waals surface area contributed by atoms with Crippen LogP contribution in [0.3, 0.4) is 0 Å². The molecular weight excluding hydrogens is 246 g/mol. The van der Waals surface area contributed by atoms with Crippen LogP contribution >= 0.6 is 11.3 Å². The van der Waals surface area contributed by atoms with Crippen molar-refractivity contribution < 1.29 is 9.53 Å². The molecule has 0 N–H and O–H groups in total. The van der Waals surface area contributed by atoms with Gasteiger partial charge in [0.25, 0.3) is 0 Å². The SMILES string of the molecule is CCOC(=O)CC(C)N(Cc1ccsc1)C1CC1. The predicted octanol–water partition coefficient (Wildman–Crippen LogP) is 3.05. The highest BCUT2D eigenvalue weighted by molar-refractivity contribution is 7.07. The number of hydrogen-bond donors (Lipinski definition) is 0. The van der Waals surface area contributed by atoms with Crippen LogP contribution in [0.15, 0.2) is 16.8 Å². The predicted molar refractivity (Wildman–Crippen MR) is 73.6 cm³/mol. The average Bonchev–Trinajstić information content (AvgIpc) is 3.03. The number of esters is 1. The van der Waals surface area contributed by atoms with Gasteiger partial charge in [-0.1, -0.05) is 0 Å². The van der Waals surface area contributed by atoms with Gasteiger partial charge in [0.15, 0.2) is 0 Å². The Balaban J connectivity index is 1.90. The van der Waals surface area contributed by atoms with E-state index < -0.39 is 0 Å². The van der Waals surface area contributed by atoms with Crippen molar-refractivity contribution in [3.8, 4) is 0 Å². The van der Waals surface area contributed by atoms with Gasteiger partial charge < -0.3 is 4.74 Å². The number of ether oxygens (including phenoxy) is 1. The van der Waals surface area contributed by atoms with Crippen LogP contribution in [0.2, 0.25) is 0 Å². The molecular formula is C14H21NO2S. The van der Waals surface area contributed by atoms with Gasteiger partial charge in [0, 0.05) is 18.6 Å². The van der Waals surface area contributed by atoms with Crippen LogP contribution in [-0.2, 0) is 16.1 Å². The van der Waals surface area contributed by atoms with E-state index in [9.17, 15) is 4.79 Å². The van der Waals surface area contributed by atoms with Crippen molar-refractivity contribution in [1.82, 2.24) is 4.90 Å². The van der Waals surface area contributed by atoms with E-state index in [1.807, 2.05) is 6.92 Å². The molecule has 1 saturated carbocycles. The topological polar surface area (TPSA) is 29.5 Å². The molecule has 0 aliphatic heterocycles. The summed E-state index contributed by atoms with van der Waals surface area (Å²) in [5, 5.41) is 4.29. The second-order valence-electron chi connectivity index (χ2n) is 4.89. The molecule has 1 aromatic heterocycles. The first-order valence-corrected chi connectivity index (χ1v) is 7.57. The molecule has 1 aliphatic rings. The van der Waals surface area contributed by atoms with Crippen LogP contribution in [0.4, 0.5) is 0 Å². The van der Waals surface area contributed by atoms with Gasteiger partial charge in [-0.3, -0.25) is 9.69 Å². The molecule has 0 aromatic carbocycles. The summed E-state index contributed by atoms with van der Waals surface area (Å²) in [7, 11) is 0.